The van der Waals surface area contributed by atoms with Gasteiger partial charge in [-0.05, 0) is 27.1 Å². The highest BCUT2D eigenvalue weighted by molar-refractivity contribution is 7.11. The number of carbonyl (C=O) groups excluding carboxylic acids is 1. The van der Waals surface area contributed by atoms with Gasteiger partial charge in [-0.3, -0.25) is 4.79 Å². The molecule has 0 spiro atoms. The SMILES string of the molecule is CC(NC(=O)c1ncnc(N)c1CN(C)C)c1ncc(C(O)Nc2cc(C(F)(F)F)c(Cl)cn2)s1. The van der Waals surface area contributed by atoms with E-state index in [1.165, 1.54) is 12.5 Å². The lowest BCUT2D eigenvalue weighted by Gasteiger charge is -2.16. The molecule has 188 valence electrons. The average molecular weight is 531 g/mol. The van der Waals surface area contributed by atoms with E-state index in [1.54, 1.807) is 6.92 Å². The minimum absolute atomic E-state index is 0.130. The molecule has 1 amide bonds. The number of nitrogens with zero attached hydrogens (tertiary/aromatic N) is 5. The number of nitrogens with two attached hydrogens (primary N) is 1. The van der Waals surface area contributed by atoms with Crippen LogP contribution in [0.4, 0.5) is 24.8 Å². The molecule has 5 N–H and O–H groups in total. The number of pyridine rings is 1. The number of carbonyl (C=O) groups is 1. The number of hydrogen-bond acceptors (Lipinski definition) is 10. The molecule has 3 heterocycles. The second-order valence-corrected chi connectivity index (χ2v) is 9.21. The van der Waals surface area contributed by atoms with Crippen LogP contribution in [0.1, 0.15) is 50.7 Å². The van der Waals surface area contributed by atoms with Gasteiger partial charge in [-0.15, -0.1) is 11.3 Å². The normalized spacial score (nSPS) is 13.5. The first-order valence-electron chi connectivity index (χ1n) is 10.0. The average Bonchev–Trinajstić information content (AvgIpc) is 3.26. The Morgan fingerprint density at radius 1 is 1.26 bits per heavy atom. The summed E-state index contributed by atoms with van der Waals surface area (Å²) in [5.74, 6) is -0.508. The predicted molar refractivity (Wildman–Crippen MR) is 125 cm³/mol. The summed E-state index contributed by atoms with van der Waals surface area (Å²) in [7, 11) is 3.63. The van der Waals surface area contributed by atoms with Crippen LogP contribution >= 0.6 is 22.9 Å². The van der Waals surface area contributed by atoms with E-state index in [2.05, 4.69) is 30.6 Å². The van der Waals surface area contributed by atoms with Crippen LogP contribution in [0.2, 0.25) is 5.02 Å². The van der Waals surface area contributed by atoms with Gasteiger partial charge in [-0.25, -0.2) is 19.9 Å². The summed E-state index contributed by atoms with van der Waals surface area (Å²) in [5, 5.41) is 15.6. The molecule has 0 fully saturated rings. The van der Waals surface area contributed by atoms with Crippen LogP contribution in [-0.4, -0.2) is 49.9 Å². The van der Waals surface area contributed by atoms with Crippen molar-refractivity contribution in [3.8, 4) is 0 Å². The first kappa shape index (κ1) is 26.5. The third-order valence-corrected chi connectivity index (χ3v) is 6.18. The third-order valence-electron chi connectivity index (χ3n) is 4.64. The Kier molecular flexibility index (Phi) is 8.10. The number of nitrogen functional groups attached to an aromatic ring is 1. The first-order chi connectivity index (χ1) is 16.4. The summed E-state index contributed by atoms with van der Waals surface area (Å²) in [4.78, 5) is 30.9. The van der Waals surface area contributed by atoms with Crippen molar-refractivity contribution in [2.45, 2.75) is 31.9 Å². The molecule has 0 bridgehead atoms. The summed E-state index contributed by atoms with van der Waals surface area (Å²) in [6.07, 6.45) is -2.67. The van der Waals surface area contributed by atoms with E-state index < -0.39 is 34.9 Å². The number of thiazole rings is 1. The monoisotopic (exact) mass is 530 g/mol. The zero-order valence-corrected chi connectivity index (χ0v) is 20.3. The molecule has 35 heavy (non-hydrogen) atoms. The van der Waals surface area contributed by atoms with Crippen LogP contribution in [0, 0.1) is 0 Å². The molecule has 0 saturated heterocycles. The van der Waals surface area contributed by atoms with Crippen LogP contribution in [0.15, 0.2) is 24.8 Å². The van der Waals surface area contributed by atoms with Gasteiger partial charge in [0.25, 0.3) is 5.91 Å². The van der Waals surface area contributed by atoms with E-state index in [0.29, 0.717) is 28.1 Å². The number of rotatable bonds is 8. The predicted octanol–water partition coefficient (Wildman–Crippen LogP) is 3.24. The quantitative estimate of drug-likeness (QED) is 0.323. The molecule has 0 aliphatic carbocycles. The van der Waals surface area contributed by atoms with Crippen LogP contribution in [0.5, 0.6) is 0 Å². The van der Waals surface area contributed by atoms with Crippen molar-refractivity contribution in [1.82, 2.24) is 30.2 Å². The lowest BCUT2D eigenvalue weighted by Crippen LogP contribution is -2.30. The molecular formula is C20H22ClF3N8O2S. The van der Waals surface area contributed by atoms with Gasteiger partial charge in [0.05, 0.1) is 21.5 Å². The van der Waals surface area contributed by atoms with Gasteiger partial charge in [-0.1, -0.05) is 11.6 Å². The molecule has 3 aromatic rings. The van der Waals surface area contributed by atoms with E-state index in [0.717, 1.165) is 17.5 Å². The fourth-order valence-corrected chi connectivity index (χ4v) is 4.06. The second-order valence-electron chi connectivity index (χ2n) is 7.71. The molecule has 10 nitrogen and oxygen atoms in total. The lowest BCUT2D eigenvalue weighted by atomic mass is 10.1. The maximum absolute atomic E-state index is 13.1. The number of anilines is 2. The fraction of sp³-hybridized carbons (Fsp3) is 0.350. The van der Waals surface area contributed by atoms with Crippen molar-refractivity contribution in [3.63, 3.8) is 0 Å². The van der Waals surface area contributed by atoms with E-state index in [-0.39, 0.29) is 17.3 Å². The lowest BCUT2D eigenvalue weighted by molar-refractivity contribution is -0.137. The molecular weight excluding hydrogens is 509 g/mol. The van der Waals surface area contributed by atoms with E-state index in [1.807, 2.05) is 19.0 Å². The number of alkyl halides is 3. The van der Waals surface area contributed by atoms with Crippen molar-refractivity contribution in [2.75, 3.05) is 25.1 Å². The van der Waals surface area contributed by atoms with E-state index >= 15 is 0 Å². The van der Waals surface area contributed by atoms with Gasteiger partial charge in [0.2, 0.25) is 0 Å². The highest BCUT2D eigenvalue weighted by Gasteiger charge is 2.34. The highest BCUT2D eigenvalue weighted by Crippen LogP contribution is 2.36. The Bertz CT molecular complexity index is 1210. The van der Waals surface area contributed by atoms with Crippen molar-refractivity contribution < 1.29 is 23.1 Å². The number of hydrogen-bond donors (Lipinski definition) is 4. The van der Waals surface area contributed by atoms with Crippen LogP contribution in [0.3, 0.4) is 0 Å². The summed E-state index contributed by atoms with van der Waals surface area (Å²) < 4.78 is 39.2. The molecule has 0 aliphatic rings. The molecule has 0 aromatic carbocycles. The summed E-state index contributed by atoms with van der Waals surface area (Å²) in [6, 6.07) is 0.136. The van der Waals surface area contributed by atoms with Crippen molar-refractivity contribution in [1.29, 1.82) is 0 Å². The van der Waals surface area contributed by atoms with Crippen molar-refractivity contribution in [3.05, 3.63) is 56.5 Å². The number of halogens is 4. The molecule has 3 aromatic heterocycles. The fourth-order valence-electron chi connectivity index (χ4n) is 2.99. The second kappa shape index (κ2) is 10.7. The zero-order chi connectivity index (χ0) is 25.9. The van der Waals surface area contributed by atoms with Gasteiger partial charge >= 0.3 is 6.18 Å². The first-order valence-corrected chi connectivity index (χ1v) is 11.2. The highest BCUT2D eigenvalue weighted by atomic mass is 35.5. The number of aliphatic hydroxyl groups is 1. The maximum Gasteiger partial charge on any atom is 0.418 e. The van der Waals surface area contributed by atoms with Crippen molar-refractivity contribution >= 4 is 40.5 Å². The van der Waals surface area contributed by atoms with Crippen molar-refractivity contribution in [2.24, 2.45) is 0 Å². The Balaban J connectivity index is 1.71. The smallest absolute Gasteiger partial charge is 0.383 e. The molecule has 2 unspecified atom stereocenters. The summed E-state index contributed by atoms with van der Waals surface area (Å²) >= 11 is 6.63. The van der Waals surface area contributed by atoms with Gasteiger partial charge < -0.3 is 26.4 Å². The van der Waals surface area contributed by atoms with Gasteiger partial charge in [0, 0.05) is 24.5 Å². The molecule has 15 heteroatoms. The van der Waals surface area contributed by atoms with E-state index in [9.17, 15) is 23.1 Å². The van der Waals surface area contributed by atoms with E-state index in [4.69, 9.17) is 17.3 Å². The van der Waals surface area contributed by atoms with Gasteiger partial charge in [0.1, 0.15) is 28.7 Å². The summed E-state index contributed by atoms with van der Waals surface area (Å²) in [5.41, 5.74) is 5.45. The van der Waals surface area contributed by atoms with Gasteiger partial charge in [-0.2, -0.15) is 13.2 Å². The minimum Gasteiger partial charge on any atom is -0.383 e. The maximum atomic E-state index is 13.1. The Labute approximate surface area is 207 Å². The standard InChI is InChI=1S/C20H22ClF3N8O2S/c1-9(30-18(34)15-10(7-32(2)3)16(25)29-8-28-15)19-27-6-13(35-19)17(33)31-14-4-11(20(22,23)24)12(21)5-26-14/h4-6,8-9,17,33H,7H2,1-3H3,(H,26,31)(H,30,34)(H2,25,28,29). The molecule has 0 aliphatic heterocycles. The Hall–Kier alpha value is -3.07. The number of aliphatic hydroxyl groups excluding tert-OH is 1. The Morgan fingerprint density at radius 2 is 1.97 bits per heavy atom. The number of aromatic nitrogens is 4. The van der Waals surface area contributed by atoms with Gasteiger partial charge in [0.15, 0.2) is 6.23 Å². The molecule has 3 rings (SSSR count). The van der Waals surface area contributed by atoms with Crippen LogP contribution in [0.25, 0.3) is 0 Å². The van der Waals surface area contributed by atoms with Crippen LogP contribution in [-0.2, 0) is 12.7 Å². The topological polar surface area (TPSA) is 142 Å². The number of amides is 1. The summed E-state index contributed by atoms with van der Waals surface area (Å²) in [6.45, 7) is 2.05. The molecule has 0 saturated carbocycles. The number of nitrogens with one attached hydrogen (secondary N) is 2. The van der Waals surface area contributed by atoms with Crippen LogP contribution < -0.4 is 16.4 Å². The molecule has 0 radical (unpaired) electrons. The minimum atomic E-state index is -4.67. The largest absolute Gasteiger partial charge is 0.418 e. The molecule has 2 atom stereocenters. The third kappa shape index (κ3) is 6.54. The zero-order valence-electron chi connectivity index (χ0n) is 18.8. The Morgan fingerprint density at radius 3 is 2.63 bits per heavy atom.